The third-order valence-corrected chi connectivity index (χ3v) is 3.03. The average molecular weight is 323 g/mol. The summed E-state index contributed by atoms with van der Waals surface area (Å²) in [6, 6.07) is 7.53. The maximum Gasteiger partial charge on any atom is 0.258 e. The Balaban J connectivity index is 2.04. The summed E-state index contributed by atoms with van der Waals surface area (Å²) in [5.41, 5.74) is 6.06. The van der Waals surface area contributed by atoms with E-state index in [9.17, 15) is 9.59 Å². The van der Waals surface area contributed by atoms with Crippen LogP contribution in [0.2, 0.25) is 0 Å². The molecule has 19 heavy (non-hydrogen) atoms. The summed E-state index contributed by atoms with van der Waals surface area (Å²) in [7, 11) is 0. The van der Waals surface area contributed by atoms with Crippen LogP contribution in [0.3, 0.4) is 0 Å². The molecule has 1 unspecified atom stereocenters. The Hall–Kier alpha value is -2.02. The van der Waals surface area contributed by atoms with Gasteiger partial charge in [-0.05, 0) is 24.6 Å². The Kier molecular flexibility index (Phi) is 4.06. The lowest BCUT2D eigenvalue weighted by Crippen LogP contribution is -2.34. The number of nitrogens with one attached hydrogen (secondary N) is 2. The highest BCUT2D eigenvalue weighted by atomic mass is 79.9. The van der Waals surface area contributed by atoms with Gasteiger partial charge in [-0.1, -0.05) is 28.1 Å². The molecule has 1 aliphatic rings. The van der Waals surface area contributed by atoms with Crippen molar-refractivity contribution in [3.8, 4) is 0 Å². The van der Waals surface area contributed by atoms with E-state index in [1.54, 1.807) is 6.92 Å². The van der Waals surface area contributed by atoms with E-state index in [-0.39, 0.29) is 0 Å². The number of benzene rings is 1. The number of carbonyl (C=O) groups excluding carboxylic acids is 2. The van der Waals surface area contributed by atoms with E-state index in [0.29, 0.717) is 5.71 Å². The highest BCUT2D eigenvalue weighted by Gasteiger charge is 2.28. The smallest absolute Gasteiger partial charge is 0.258 e. The molecule has 0 bridgehead atoms. The first-order valence-electron chi connectivity index (χ1n) is 5.51. The van der Waals surface area contributed by atoms with Gasteiger partial charge in [0.2, 0.25) is 0 Å². The van der Waals surface area contributed by atoms with Crippen LogP contribution in [0.1, 0.15) is 12.5 Å². The quantitative estimate of drug-likeness (QED) is 0.495. The molecule has 0 radical (unpaired) electrons. The fourth-order valence-corrected chi connectivity index (χ4v) is 1.89. The molecule has 1 aliphatic heterocycles. The van der Waals surface area contributed by atoms with Crippen molar-refractivity contribution >= 4 is 39.7 Å². The second-order valence-corrected chi connectivity index (χ2v) is 4.83. The Morgan fingerprint density at radius 3 is 2.95 bits per heavy atom. The van der Waals surface area contributed by atoms with Crippen molar-refractivity contribution in [3.05, 3.63) is 34.3 Å². The van der Waals surface area contributed by atoms with Crippen molar-refractivity contribution in [1.29, 1.82) is 0 Å². The molecule has 98 valence electrons. The maximum absolute atomic E-state index is 11.7. The molecule has 0 saturated heterocycles. The van der Waals surface area contributed by atoms with Gasteiger partial charge in [0.15, 0.2) is 5.92 Å². The van der Waals surface area contributed by atoms with Crippen LogP contribution in [0, 0.1) is 5.92 Å². The summed E-state index contributed by atoms with van der Waals surface area (Å²) in [6.07, 6.45) is 1.25. The number of hydrazone groups is 2. The van der Waals surface area contributed by atoms with E-state index < -0.39 is 17.7 Å². The fraction of sp³-hybridized carbons (Fsp3) is 0.167. The van der Waals surface area contributed by atoms with E-state index in [4.69, 9.17) is 0 Å². The van der Waals surface area contributed by atoms with E-state index in [2.05, 4.69) is 37.0 Å². The first kappa shape index (κ1) is 13.4. The zero-order chi connectivity index (χ0) is 13.8. The molecule has 0 saturated carbocycles. The summed E-state index contributed by atoms with van der Waals surface area (Å²) in [5.74, 6) is -1.88. The number of halogens is 1. The number of hydrogen-bond donors (Lipinski definition) is 2. The van der Waals surface area contributed by atoms with E-state index >= 15 is 0 Å². The molecule has 2 N–H and O–H groups in total. The summed E-state index contributed by atoms with van der Waals surface area (Å²) in [5, 5.41) is 7.49. The Morgan fingerprint density at radius 2 is 2.32 bits per heavy atom. The molecule has 0 spiro atoms. The van der Waals surface area contributed by atoms with Crippen LogP contribution < -0.4 is 10.9 Å². The minimum Gasteiger partial charge on any atom is -0.272 e. The number of carbonyl (C=O) groups is 2. The number of amides is 2. The number of rotatable bonds is 3. The van der Waals surface area contributed by atoms with Crippen molar-refractivity contribution in [3.63, 3.8) is 0 Å². The lowest BCUT2D eigenvalue weighted by atomic mass is 10.1. The van der Waals surface area contributed by atoms with E-state index in [1.807, 2.05) is 24.3 Å². The first-order valence-corrected chi connectivity index (χ1v) is 6.30. The largest absolute Gasteiger partial charge is 0.272 e. The monoisotopic (exact) mass is 322 g/mol. The van der Waals surface area contributed by atoms with Crippen LogP contribution in [0.4, 0.5) is 0 Å². The molecular weight excluding hydrogens is 312 g/mol. The number of hydrogen-bond acceptors (Lipinski definition) is 4. The standard InChI is InChI=1S/C12H11BrN4O2/c1-7(8-3-2-4-9(13)5-8)15-17-12(19)10-6-14-16-11(10)18/h2-6,10H,1H3,(H,16,18)(H,17,19). The van der Waals surface area contributed by atoms with Crippen molar-refractivity contribution in [1.82, 2.24) is 10.9 Å². The molecule has 0 fully saturated rings. The minimum absolute atomic E-state index is 0.451. The molecule has 2 amide bonds. The van der Waals surface area contributed by atoms with Crippen molar-refractivity contribution in [2.45, 2.75) is 6.92 Å². The Morgan fingerprint density at radius 1 is 1.53 bits per heavy atom. The molecule has 7 heteroatoms. The van der Waals surface area contributed by atoms with Gasteiger partial charge in [0.05, 0.1) is 5.71 Å². The highest BCUT2D eigenvalue weighted by Crippen LogP contribution is 2.12. The molecule has 1 aromatic carbocycles. The normalized spacial score (nSPS) is 18.3. The van der Waals surface area contributed by atoms with Crippen LogP contribution in [-0.4, -0.2) is 23.7 Å². The van der Waals surface area contributed by atoms with Gasteiger partial charge in [-0.2, -0.15) is 10.2 Å². The van der Waals surface area contributed by atoms with Gasteiger partial charge in [-0.15, -0.1) is 0 Å². The molecule has 1 heterocycles. The summed E-state index contributed by atoms with van der Waals surface area (Å²) >= 11 is 3.36. The second-order valence-electron chi connectivity index (χ2n) is 3.92. The summed E-state index contributed by atoms with van der Waals surface area (Å²) < 4.78 is 0.924. The average Bonchev–Trinajstić information content (AvgIpc) is 2.82. The second kappa shape index (κ2) is 5.75. The topological polar surface area (TPSA) is 82.9 Å². The molecular formula is C12H11BrN4O2. The van der Waals surface area contributed by atoms with Gasteiger partial charge in [0, 0.05) is 10.7 Å². The lowest BCUT2D eigenvalue weighted by Gasteiger charge is -2.05. The molecule has 6 nitrogen and oxygen atoms in total. The van der Waals surface area contributed by atoms with Crippen molar-refractivity contribution < 1.29 is 9.59 Å². The van der Waals surface area contributed by atoms with Gasteiger partial charge in [-0.25, -0.2) is 10.9 Å². The van der Waals surface area contributed by atoms with E-state index in [1.165, 1.54) is 6.21 Å². The number of nitrogens with zero attached hydrogens (tertiary/aromatic N) is 2. The third-order valence-electron chi connectivity index (χ3n) is 2.54. The SMILES string of the molecule is CC(=NNC(=O)C1C=NNC1=O)c1cccc(Br)c1. The zero-order valence-corrected chi connectivity index (χ0v) is 11.6. The van der Waals surface area contributed by atoms with Gasteiger partial charge in [0.1, 0.15) is 0 Å². The third kappa shape index (κ3) is 3.25. The predicted octanol–water partition coefficient (Wildman–Crippen LogP) is 1.02. The maximum atomic E-state index is 11.7. The molecule has 0 aliphatic carbocycles. The first-order chi connectivity index (χ1) is 9.08. The van der Waals surface area contributed by atoms with Gasteiger partial charge >= 0.3 is 0 Å². The summed E-state index contributed by atoms with van der Waals surface area (Å²) in [6.45, 7) is 1.77. The summed E-state index contributed by atoms with van der Waals surface area (Å²) in [4.78, 5) is 22.9. The van der Waals surface area contributed by atoms with Crippen LogP contribution in [0.5, 0.6) is 0 Å². The van der Waals surface area contributed by atoms with Gasteiger partial charge in [-0.3, -0.25) is 9.59 Å². The molecule has 1 atom stereocenters. The van der Waals surface area contributed by atoms with Gasteiger partial charge < -0.3 is 0 Å². The minimum atomic E-state index is -0.918. The van der Waals surface area contributed by atoms with Crippen molar-refractivity contribution in [2.24, 2.45) is 16.1 Å². The van der Waals surface area contributed by atoms with Crippen LogP contribution in [0.15, 0.2) is 38.9 Å². The predicted molar refractivity (Wildman–Crippen MR) is 74.6 cm³/mol. The highest BCUT2D eigenvalue weighted by molar-refractivity contribution is 9.10. The fourth-order valence-electron chi connectivity index (χ4n) is 1.49. The van der Waals surface area contributed by atoms with Crippen LogP contribution in [0.25, 0.3) is 0 Å². The zero-order valence-electron chi connectivity index (χ0n) is 10.1. The molecule has 2 rings (SSSR count). The Bertz CT molecular complexity index is 583. The Labute approximate surface area is 118 Å². The van der Waals surface area contributed by atoms with E-state index in [0.717, 1.165) is 10.0 Å². The van der Waals surface area contributed by atoms with Crippen LogP contribution in [-0.2, 0) is 9.59 Å². The lowest BCUT2D eigenvalue weighted by molar-refractivity contribution is -0.131. The van der Waals surface area contributed by atoms with Crippen LogP contribution >= 0.6 is 15.9 Å². The van der Waals surface area contributed by atoms with Crippen molar-refractivity contribution in [2.75, 3.05) is 0 Å². The molecule has 1 aromatic rings. The molecule has 0 aromatic heterocycles. The van der Waals surface area contributed by atoms with Gasteiger partial charge in [0.25, 0.3) is 11.8 Å².